The summed E-state index contributed by atoms with van der Waals surface area (Å²) in [5.41, 5.74) is 1.40. The molecule has 0 aliphatic heterocycles. The number of amides is 1. The molecule has 1 N–H and O–H groups in total. The van der Waals surface area contributed by atoms with Crippen LogP contribution in [0.3, 0.4) is 0 Å². The highest BCUT2D eigenvalue weighted by Crippen LogP contribution is 2.28. The molecule has 28 heavy (non-hydrogen) atoms. The fourth-order valence-electron chi connectivity index (χ4n) is 3.34. The number of nitrogens with one attached hydrogen (secondary N) is 1. The first-order valence-corrected chi connectivity index (χ1v) is 10.0. The van der Waals surface area contributed by atoms with Crippen LogP contribution in [0.4, 0.5) is 0 Å². The monoisotopic (exact) mass is 383 g/mol. The van der Waals surface area contributed by atoms with Gasteiger partial charge in [-0.1, -0.05) is 37.2 Å². The first kappa shape index (κ1) is 20.1. The fourth-order valence-corrected chi connectivity index (χ4v) is 3.34. The standard InChI is InChI=1S/C22H29N3O3/c1-4-25(5-2)12-8-9-16(3)23-22(26)15-18-14-21(28-24-18)20-13-17-10-6-7-11-19(17)27-20/h6-7,10-11,13-14,16H,4-5,8-9,12,15H2,1-3H3,(H,23,26). The lowest BCUT2D eigenvalue weighted by Crippen LogP contribution is -2.34. The summed E-state index contributed by atoms with van der Waals surface area (Å²) < 4.78 is 11.2. The molecule has 6 heteroatoms. The van der Waals surface area contributed by atoms with Crippen LogP contribution in [0.15, 0.2) is 45.3 Å². The van der Waals surface area contributed by atoms with E-state index in [0.717, 1.165) is 43.4 Å². The number of furan rings is 1. The molecule has 2 aromatic heterocycles. The van der Waals surface area contributed by atoms with Gasteiger partial charge in [0.15, 0.2) is 5.76 Å². The number of rotatable bonds is 10. The zero-order valence-corrected chi connectivity index (χ0v) is 16.9. The van der Waals surface area contributed by atoms with Gasteiger partial charge < -0.3 is 19.2 Å². The van der Waals surface area contributed by atoms with Gasteiger partial charge in [-0.3, -0.25) is 4.79 Å². The Hall–Kier alpha value is -2.60. The number of carbonyl (C=O) groups is 1. The average Bonchev–Trinajstić information content (AvgIpc) is 3.31. The summed E-state index contributed by atoms with van der Waals surface area (Å²) in [5, 5.41) is 8.07. The van der Waals surface area contributed by atoms with Crippen molar-refractivity contribution in [1.82, 2.24) is 15.4 Å². The summed E-state index contributed by atoms with van der Waals surface area (Å²) in [7, 11) is 0. The van der Waals surface area contributed by atoms with Gasteiger partial charge in [0, 0.05) is 17.5 Å². The van der Waals surface area contributed by atoms with E-state index >= 15 is 0 Å². The summed E-state index contributed by atoms with van der Waals surface area (Å²) in [6, 6.07) is 11.6. The van der Waals surface area contributed by atoms with Crippen LogP contribution in [0.2, 0.25) is 0 Å². The number of benzene rings is 1. The number of hydrogen-bond acceptors (Lipinski definition) is 5. The zero-order chi connectivity index (χ0) is 19.9. The molecule has 0 radical (unpaired) electrons. The zero-order valence-electron chi connectivity index (χ0n) is 16.9. The first-order valence-electron chi connectivity index (χ1n) is 10.0. The van der Waals surface area contributed by atoms with E-state index in [9.17, 15) is 4.79 Å². The Morgan fingerprint density at radius 2 is 1.96 bits per heavy atom. The van der Waals surface area contributed by atoms with Crippen LogP contribution in [0.1, 0.15) is 39.3 Å². The maximum Gasteiger partial charge on any atom is 0.226 e. The predicted octanol–water partition coefficient (Wildman–Crippen LogP) is 4.26. The second kappa shape index (κ2) is 9.55. The van der Waals surface area contributed by atoms with Gasteiger partial charge in [0.1, 0.15) is 5.58 Å². The lowest BCUT2D eigenvalue weighted by molar-refractivity contribution is -0.121. The van der Waals surface area contributed by atoms with Gasteiger partial charge in [-0.2, -0.15) is 0 Å². The Labute approximate surface area is 165 Å². The van der Waals surface area contributed by atoms with Crippen LogP contribution in [0.5, 0.6) is 0 Å². The minimum atomic E-state index is -0.0419. The van der Waals surface area contributed by atoms with Crippen LogP contribution in [0.25, 0.3) is 22.5 Å². The number of fused-ring (bicyclic) bond motifs is 1. The lowest BCUT2D eigenvalue weighted by atomic mass is 10.1. The summed E-state index contributed by atoms with van der Waals surface area (Å²) >= 11 is 0. The van der Waals surface area contributed by atoms with Crippen LogP contribution in [0, 0.1) is 0 Å². The molecule has 0 aliphatic rings. The van der Waals surface area contributed by atoms with Crippen molar-refractivity contribution in [2.45, 2.75) is 46.1 Å². The molecule has 0 saturated carbocycles. The molecular weight excluding hydrogens is 354 g/mol. The smallest absolute Gasteiger partial charge is 0.226 e. The highest BCUT2D eigenvalue weighted by molar-refractivity contribution is 5.82. The lowest BCUT2D eigenvalue weighted by Gasteiger charge is -2.19. The van der Waals surface area contributed by atoms with Crippen LogP contribution < -0.4 is 5.32 Å². The molecule has 150 valence electrons. The van der Waals surface area contributed by atoms with Crippen molar-refractivity contribution in [2.24, 2.45) is 0 Å². The van der Waals surface area contributed by atoms with Crippen LogP contribution in [-0.4, -0.2) is 41.6 Å². The predicted molar refractivity (Wildman–Crippen MR) is 110 cm³/mol. The van der Waals surface area contributed by atoms with Crippen molar-refractivity contribution in [1.29, 1.82) is 0 Å². The first-order chi connectivity index (χ1) is 13.6. The Morgan fingerprint density at radius 1 is 1.18 bits per heavy atom. The molecule has 2 heterocycles. The van der Waals surface area contributed by atoms with Crippen molar-refractivity contribution in [3.63, 3.8) is 0 Å². The topological polar surface area (TPSA) is 71.5 Å². The minimum absolute atomic E-state index is 0.0419. The summed E-state index contributed by atoms with van der Waals surface area (Å²) in [6.45, 7) is 9.59. The van der Waals surface area contributed by atoms with Crippen LogP contribution >= 0.6 is 0 Å². The van der Waals surface area contributed by atoms with E-state index in [1.165, 1.54) is 0 Å². The van der Waals surface area contributed by atoms with E-state index < -0.39 is 0 Å². The van der Waals surface area contributed by atoms with Gasteiger partial charge in [0.25, 0.3) is 0 Å². The van der Waals surface area contributed by atoms with E-state index in [0.29, 0.717) is 17.2 Å². The van der Waals surface area contributed by atoms with Crippen molar-refractivity contribution in [3.05, 3.63) is 42.1 Å². The molecule has 3 aromatic rings. The molecular formula is C22H29N3O3. The van der Waals surface area contributed by atoms with Gasteiger partial charge in [-0.05, 0) is 51.5 Å². The third-order valence-electron chi connectivity index (χ3n) is 4.98. The Kier molecular flexibility index (Phi) is 6.87. The van der Waals surface area contributed by atoms with Crippen molar-refractivity contribution >= 4 is 16.9 Å². The Balaban J connectivity index is 1.49. The number of carbonyl (C=O) groups excluding carboxylic acids is 1. The maximum atomic E-state index is 12.3. The number of para-hydroxylation sites is 1. The SMILES string of the molecule is CCN(CC)CCCC(C)NC(=O)Cc1cc(-c2cc3ccccc3o2)on1. The Bertz CT molecular complexity index is 862. The largest absolute Gasteiger partial charge is 0.453 e. The van der Waals surface area contributed by atoms with Crippen molar-refractivity contribution < 1.29 is 13.7 Å². The molecule has 1 unspecified atom stereocenters. The van der Waals surface area contributed by atoms with E-state index in [4.69, 9.17) is 8.94 Å². The number of hydrogen-bond donors (Lipinski definition) is 1. The highest BCUT2D eigenvalue weighted by Gasteiger charge is 2.15. The third kappa shape index (κ3) is 5.23. The summed E-state index contributed by atoms with van der Waals surface area (Å²) in [5.74, 6) is 1.11. The number of nitrogens with zero attached hydrogens (tertiary/aromatic N) is 2. The van der Waals surface area contributed by atoms with Gasteiger partial charge in [0.2, 0.25) is 11.7 Å². The van der Waals surface area contributed by atoms with E-state index in [1.807, 2.05) is 37.3 Å². The molecule has 1 amide bonds. The quantitative estimate of drug-likeness (QED) is 0.566. The van der Waals surface area contributed by atoms with Gasteiger partial charge >= 0.3 is 0 Å². The van der Waals surface area contributed by atoms with Gasteiger partial charge in [-0.15, -0.1) is 0 Å². The minimum Gasteiger partial charge on any atom is -0.453 e. The molecule has 0 fully saturated rings. The molecule has 0 saturated heterocycles. The molecule has 0 aliphatic carbocycles. The number of aromatic nitrogens is 1. The van der Waals surface area contributed by atoms with E-state index in [2.05, 4.69) is 29.2 Å². The highest BCUT2D eigenvalue weighted by atomic mass is 16.5. The molecule has 6 nitrogen and oxygen atoms in total. The van der Waals surface area contributed by atoms with E-state index in [1.54, 1.807) is 6.07 Å². The van der Waals surface area contributed by atoms with Crippen LogP contribution in [-0.2, 0) is 11.2 Å². The third-order valence-corrected chi connectivity index (χ3v) is 4.98. The molecule has 3 rings (SSSR count). The molecule has 0 bridgehead atoms. The summed E-state index contributed by atoms with van der Waals surface area (Å²) in [4.78, 5) is 14.7. The second-order valence-electron chi connectivity index (χ2n) is 7.15. The van der Waals surface area contributed by atoms with Crippen molar-refractivity contribution in [2.75, 3.05) is 19.6 Å². The maximum absolute atomic E-state index is 12.3. The molecule has 0 spiro atoms. The molecule has 1 atom stereocenters. The van der Waals surface area contributed by atoms with Gasteiger partial charge in [0.05, 0.1) is 12.1 Å². The van der Waals surface area contributed by atoms with E-state index in [-0.39, 0.29) is 18.4 Å². The molecule has 1 aromatic carbocycles. The second-order valence-corrected chi connectivity index (χ2v) is 7.15. The summed E-state index contributed by atoms with van der Waals surface area (Å²) in [6.07, 6.45) is 2.23. The Morgan fingerprint density at radius 3 is 2.71 bits per heavy atom. The van der Waals surface area contributed by atoms with Gasteiger partial charge in [-0.25, -0.2) is 0 Å². The van der Waals surface area contributed by atoms with Crippen molar-refractivity contribution in [3.8, 4) is 11.5 Å². The normalized spacial score (nSPS) is 12.6. The average molecular weight is 383 g/mol. The fraction of sp³-hybridized carbons (Fsp3) is 0.455.